The third-order valence-corrected chi connectivity index (χ3v) is 4.87. The first kappa shape index (κ1) is 13.6. The van der Waals surface area contributed by atoms with Gasteiger partial charge in [-0.05, 0) is 42.7 Å². The smallest absolute Gasteiger partial charge is 0.261 e. The van der Waals surface area contributed by atoms with E-state index in [4.69, 9.17) is 5.73 Å². The minimum Gasteiger partial charge on any atom is -0.347 e. The quantitative estimate of drug-likeness (QED) is 0.880. The zero-order valence-corrected chi connectivity index (χ0v) is 11.8. The fraction of sp³-hybridized carbons (Fsp3) is 0.643. The van der Waals surface area contributed by atoms with Gasteiger partial charge in [0.25, 0.3) is 5.91 Å². The molecule has 1 unspecified atom stereocenters. The molecular formula is C14H22N2OS. The van der Waals surface area contributed by atoms with Gasteiger partial charge in [-0.25, -0.2) is 0 Å². The molecule has 1 amide bonds. The molecule has 1 aliphatic rings. The molecule has 0 radical (unpaired) electrons. The SMILES string of the molecule is Cc1ccsc1C(=O)NC(CN)C1CCCCC1. The molecule has 3 N–H and O–H groups in total. The maximum Gasteiger partial charge on any atom is 0.261 e. The summed E-state index contributed by atoms with van der Waals surface area (Å²) < 4.78 is 0. The number of amides is 1. The Morgan fingerprint density at radius 1 is 1.50 bits per heavy atom. The zero-order chi connectivity index (χ0) is 13.0. The zero-order valence-electron chi connectivity index (χ0n) is 10.9. The van der Waals surface area contributed by atoms with Crippen molar-refractivity contribution in [2.45, 2.75) is 45.1 Å². The van der Waals surface area contributed by atoms with E-state index in [9.17, 15) is 4.79 Å². The van der Waals surface area contributed by atoms with Crippen molar-refractivity contribution in [2.75, 3.05) is 6.54 Å². The third kappa shape index (κ3) is 3.12. The summed E-state index contributed by atoms with van der Waals surface area (Å²) in [5.41, 5.74) is 6.88. The Hall–Kier alpha value is -0.870. The van der Waals surface area contributed by atoms with Crippen molar-refractivity contribution in [2.24, 2.45) is 11.7 Å². The number of thiophene rings is 1. The van der Waals surface area contributed by atoms with Gasteiger partial charge < -0.3 is 11.1 Å². The van der Waals surface area contributed by atoms with Crippen LogP contribution in [-0.4, -0.2) is 18.5 Å². The van der Waals surface area contributed by atoms with E-state index < -0.39 is 0 Å². The van der Waals surface area contributed by atoms with E-state index in [1.807, 2.05) is 18.4 Å². The molecule has 1 heterocycles. The number of nitrogens with two attached hydrogens (primary N) is 1. The number of carbonyl (C=O) groups is 1. The van der Waals surface area contributed by atoms with Crippen molar-refractivity contribution in [1.29, 1.82) is 0 Å². The van der Waals surface area contributed by atoms with E-state index in [1.165, 1.54) is 43.4 Å². The molecule has 0 aromatic carbocycles. The molecule has 18 heavy (non-hydrogen) atoms. The van der Waals surface area contributed by atoms with Crippen molar-refractivity contribution in [3.05, 3.63) is 21.9 Å². The first-order chi connectivity index (χ1) is 8.72. The maximum atomic E-state index is 12.2. The number of nitrogens with one attached hydrogen (secondary N) is 1. The molecule has 3 nitrogen and oxygen atoms in total. The summed E-state index contributed by atoms with van der Waals surface area (Å²) in [6, 6.07) is 2.12. The first-order valence-corrected chi connectivity index (χ1v) is 7.65. The van der Waals surface area contributed by atoms with Crippen molar-refractivity contribution in [1.82, 2.24) is 5.32 Å². The van der Waals surface area contributed by atoms with E-state index in [0.29, 0.717) is 12.5 Å². The van der Waals surface area contributed by atoms with Gasteiger partial charge in [0.2, 0.25) is 0 Å². The summed E-state index contributed by atoms with van der Waals surface area (Å²) in [7, 11) is 0. The molecule has 0 bridgehead atoms. The number of rotatable bonds is 4. The minimum absolute atomic E-state index is 0.0449. The largest absolute Gasteiger partial charge is 0.347 e. The van der Waals surface area contributed by atoms with Gasteiger partial charge in [0.15, 0.2) is 0 Å². The maximum absolute atomic E-state index is 12.2. The van der Waals surface area contributed by atoms with Crippen LogP contribution >= 0.6 is 11.3 Å². The standard InChI is InChI=1S/C14H22N2OS/c1-10-7-8-18-13(10)14(17)16-12(9-15)11-5-3-2-4-6-11/h7-8,11-12H,2-6,9,15H2,1H3,(H,16,17). The molecule has 100 valence electrons. The molecule has 1 aliphatic carbocycles. The average molecular weight is 266 g/mol. The highest BCUT2D eigenvalue weighted by molar-refractivity contribution is 7.12. The molecule has 1 atom stereocenters. The second-order valence-electron chi connectivity index (χ2n) is 5.15. The number of hydrogen-bond acceptors (Lipinski definition) is 3. The Labute approximate surface area is 113 Å². The lowest BCUT2D eigenvalue weighted by molar-refractivity contribution is 0.0919. The van der Waals surface area contributed by atoms with Crippen molar-refractivity contribution >= 4 is 17.2 Å². The second kappa shape index (κ2) is 6.34. The number of hydrogen-bond donors (Lipinski definition) is 2. The van der Waals surface area contributed by atoms with Crippen molar-refractivity contribution in [3.63, 3.8) is 0 Å². The third-order valence-electron chi connectivity index (χ3n) is 3.86. The molecule has 1 aromatic rings. The first-order valence-electron chi connectivity index (χ1n) is 6.77. The molecule has 2 rings (SSSR count). The Kier molecular flexibility index (Phi) is 4.78. The lowest BCUT2D eigenvalue weighted by Gasteiger charge is -2.30. The monoisotopic (exact) mass is 266 g/mol. The van der Waals surface area contributed by atoms with E-state index in [-0.39, 0.29) is 11.9 Å². The van der Waals surface area contributed by atoms with Gasteiger partial charge in [0.1, 0.15) is 0 Å². The van der Waals surface area contributed by atoms with Crippen LogP contribution in [0.2, 0.25) is 0 Å². The van der Waals surface area contributed by atoms with Crippen LogP contribution in [0, 0.1) is 12.8 Å². The van der Waals surface area contributed by atoms with Crippen LogP contribution in [0.1, 0.15) is 47.3 Å². The highest BCUT2D eigenvalue weighted by atomic mass is 32.1. The topological polar surface area (TPSA) is 55.1 Å². The van der Waals surface area contributed by atoms with Gasteiger partial charge in [-0.15, -0.1) is 11.3 Å². The molecule has 4 heteroatoms. The lowest BCUT2D eigenvalue weighted by atomic mass is 9.84. The predicted octanol–water partition coefficient (Wildman–Crippen LogP) is 2.69. The van der Waals surface area contributed by atoms with Crippen molar-refractivity contribution in [3.8, 4) is 0 Å². The van der Waals surface area contributed by atoms with E-state index in [0.717, 1.165) is 10.4 Å². The van der Waals surface area contributed by atoms with Crippen LogP contribution < -0.4 is 11.1 Å². The predicted molar refractivity (Wildman–Crippen MR) is 75.9 cm³/mol. The van der Waals surface area contributed by atoms with Gasteiger partial charge in [0, 0.05) is 12.6 Å². The summed E-state index contributed by atoms with van der Waals surface area (Å²) in [6.07, 6.45) is 6.27. The van der Waals surface area contributed by atoms with Crippen LogP contribution in [0.5, 0.6) is 0 Å². The Balaban J connectivity index is 1.97. The average Bonchev–Trinajstić information content (AvgIpc) is 2.83. The van der Waals surface area contributed by atoms with E-state index in [1.54, 1.807) is 0 Å². The molecular weight excluding hydrogens is 244 g/mol. The van der Waals surface area contributed by atoms with Crippen LogP contribution in [0.3, 0.4) is 0 Å². The highest BCUT2D eigenvalue weighted by Gasteiger charge is 2.24. The highest BCUT2D eigenvalue weighted by Crippen LogP contribution is 2.26. The Bertz CT molecular complexity index is 396. The van der Waals surface area contributed by atoms with Crippen LogP contribution in [0.25, 0.3) is 0 Å². The fourth-order valence-electron chi connectivity index (χ4n) is 2.75. The number of aryl methyl sites for hydroxylation is 1. The van der Waals surface area contributed by atoms with Gasteiger partial charge >= 0.3 is 0 Å². The molecule has 1 aromatic heterocycles. The van der Waals surface area contributed by atoms with Gasteiger partial charge in [-0.3, -0.25) is 4.79 Å². The van der Waals surface area contributed by atoms with E-state index in [2.05, 4.69) is 5.32 Å². The number of carbonyl (C=O) groups excluding carboxylic acids is 1. The van der Waals surface area contributed by atoms with Gasteiger partial charge in [-0.1, -0.05) is 19.3 Å². The Morgan fingerprint density at radius 3 is 2.78 bits per heavy atom. The van der Waals surface area contributed by atoms with Gasteiger partial charge in [0.05, 0.1) is 4.88 Å². The summed E-state index contributed by atoms with van der Waals surface area (Å²) >= 11 is 1.50. The Morgan fingerprint density at radius 2 is 2.22 bits per heavy atom. The van der Waals surface area contributed by atoms with Gasteiger partial charge in [-0.2, -0.15) is 0 Å². The molecule has 1 fully saturated rings. The van der Waals surface area contributed by atoms with Crippen LogP contribution in [0.4, 0.5) is 0 Å². The summed E-state index contributed by atoms with van der Waals surface area (Å²) in [6.45, 7) is 2.52. The van der Waals surface area contributed by atoms with E-state index >= 15 is 0 Å². The molecule has 0 saturated heterocycles. The summed E-state index contributed by atoms with van der Waals surface area (Å²) in [5.74, 6) is 0.608. The minimum atomic E-state index is 0.0449. The van der Waals surface area contributed by atoms with Crippen LogP contribution in [-0.2, 0) is 0 Å². The summed E-state index contributed by atoms with van der Waals surface area (Å²) in [5, 5.41) is 5.09. The second-order valence-corrected chi connectivity index (χ2v) is 6.06. The van der Waals surface area contributed by atoms with Crippen molar-refractivity contribution < 1.29 is 4.79 Å². The fourth-order valence-corrected chi connectivity index (χ4v) is 3.57. The molecule has 0 aliphatic heterocycles. The normalized spacial score (nSPS) is 18.6. The summed E-state index contributed by atoms with van der Waals surface area (Å²) in [4.78, 5) is 13.0. The molecule has 0 spiro atoms. The lowest BCUT2D eigenvalue weighted by Crippen LogP contribution is -2.45. The van der Waals surface area contributed by atoms with Crippen LogP contribution in [0.15, 0.2) is 11.4 Å². The molecule has 1 saturated carbocycles.